The van der Waals surface area contributed by atoms with E-state index in [2.05, 4.69) is 25.5 Å². The number of aryl methyl sites for hydroxylation is 1. The number of halogens is 1. The smallest absolute Gasteiger partial charge is 0.160 e. The second kappa shape index (κ2) is 6.13. The van der Waals surface area contributed by atoms with Crippen molar-refractivity contribution in [3.8, 4) is 0 Å². The summed E-state index contributed by atoms with van der Waals surface area (Å²) in [5, 5.41) is 6.71. The lowest BCUT2D eigenvalue weighted by Crippen LogP contribution is -2.52. The van der Waals surface area contributed by atoms with Gasteiger partial charge in [0.05, 0.1) is 11.2 Å². The fraction of sp³-hybridized carbons (Fsp3) is 0.350. The first-order valence-electron chi connectivity index (χ1n) is 9.27. The SMILES string of the molecule is Cc1cccc(Nc2ncnc3ccc(N4CCNC5(CC5)C4)nc23)c1F. The largest absolute Gasteiger partial charge is 0.353 e. The molecule has 138 valence electrons. The summed E-state index contributed by atoms with van der Waals surface area (Å²) in [7, 11) is 0. The van der Waals surface area contributed by atoms with E-state index in [4.69, 9.17) is 4.98 Å². The molecule has 7 heteroatoms. The number of benzene rings is 1. The molecule has 1 aliphatic carbocycles. The van der Waals surface area contributed by atoms with Crippen LogP contribution in [-0.4, -0.2) is 40.1 Å². The Bertz CT molecular complexity index is 1020. The van der Waals surface area contributed by atoms with Crippen LogP contribution in [0.2, 0.25) is 0 Å². The van der Waals surface area contributed by atoms with E-state index >= 15 is 0 Å². The molecule has 2 N–H and O–H groups in total. The van der Waals surface area contributed by atoms with E-state index in [1.54, 1.807) is 19.1 Å². The minimum absolute atomic E-state index is 0.272. The number of nitrogens with one attached hydrogen (secondary N) is 2. The van der Waals surface area contributed by atoms with Crippen LogP contribution in [0, 0.1) is 12.7 Å². The molecule has 2 fully saturated rings. The van der Waals surface area contributed by atoms with Crippen LogP contribution in [0.5, 0.6) is 0 Å². The van der Waals surface area contributed by atoms with Gasteiger partial charge in [0.1, 0.15) is 23.5 Å². The molecule has 0 radical (unpaired) electrons. The molecule has 0 amide bonds. The van der Waals surface area contributed by atoms with E-state index in [-0.39, 0.29) is 11.4 Å². The van der Waals surface area contributed by atoms with Crippen LogP contribution >= 0.6 is 0 Å². The third kappa shape index (κ3) is 2.98. The van der Waals surface area contributed by atoms with Crippen LogP contribution in [0.15, 0.2) is 36.7 Å². The van der Waals surface area contributed by atoms with Gasteiger partial charge in [-0.2, -0.15) is 0 Å². The van der Waals surface area contributed by atoms with E-state index in [1.807, 2.05) is 18.2 Å². The second-order valence-corrected chi connectivity index (χ2v) is 7.45. The first kappa shape index (κ1) is 16.4. The summed E-state index contributed by atoms with van der Waals surface area (Å²) in [6, 6.07) is 9.23. The number of piperazine rings is 1. The predicted octanol–water partition coefficient (Wildman–Crippen LogP) is 3.16. The highest BCUT2D eigenvalue weighted by atomic mass is 19.1. The maximum Gasteiger partial charge on any atom is 0.160 e. The Morgan fingerprint density at radius 1 is 1.19 bits per heavy atom. The summed E-state index contributed by atoms with van der Waals surface area (Å²) in [6.07, 6.45) is 3.92. The number of nitrogens with zero attached hydrogens (tertiary/aromatic N) is 4. The standard InChI is InChI=1S/C20H21FN6/c1-13-3-2-4-14(17(13)21)25-19-18-15(22-12-23-19)5-6-16(26-18)27-10-9-24-20(11-27)7-8-20/h2-6,12,24H,7-11H2,1H3,(H,22,23,25). The van der Waals surface area contributed by atoms with Gasteiger partial charge in [-0.1, -0.05) is 12.1 Å². The average Bonchev–Trinajstić information content (AvgIpc) is 3.43. The van der Waals surface area contributed by atoms with Crippen LogP contribution in [0.1, 0.15) is 18.4 Å². The van der Waals surface area contributed by atoms with E-state index in [9.17, 15) is 4.39 Å². The zero-order valence-electron chi connectivity index (χ0n) is 15.2. The van der Waals surface area contributed by atoms with Crippen molar-refractivity contribution in [2.45, 2.75) is 25.3 Å². The Labute approximate surface area is 156 Å². The van der Waals surface area contributed by atoms with Gasteiger partial charge in [-0.15, -0.1) is 0 Å². The van der Waals surface area contributed by atoms with Gasteiger partial charge in [-0.3, -0.25) is 0 Å². The molecule has 1 aromatic carbocycles. The molecular weight excluding hydrogens is 343 g/mol. The van der Waals surface area contributed by atoms with Crippen LogP contribution < -0.4 is 15.5 Å². The molecule has 1 saturated carbocycles. The van der Waals surface area contributed by atoms with Crippen molar-refractivity contribution in [1.29, 1.82) is 0 Å². The Morgan fingerprint density at radius 3 is 2.93 bits per heavy atom. The predicted molar refractivity (Wildman–Crippen MR) is 104 cm³/mol. The molecule has 3 heterocycles. The van der Waals surface area contributed by atoms with Crippen LogP contribution in [0.4, 0.5) is 21.7 Å². The quantitative estimate of drug-likeness (QED) is 0.744. The van der Waals surface area contributed by atoms with E-state index < -0.39 is 0 Å². The van der Waals surface area contributed by atoms with Crippen molar-refractivity contribution in [1.82, 2.24) is 20.3 Å². The second-order valence-electron chi connectivity index (χ2n) is 7.45. The molecule has 5 rings (SSSR count). The van der Waals surface area contributed by atoms with Crippen LogP contribution in [-0.2, 0) is 0 Å². The number of hydrogen-bond acceptors (Lipinski definition) is 6. The van der Waals surface area contributed by atoms with Crippen LogP contribution in [0.25, 0.3) is 11.0 Å². The molecule has 1 saturated heterocycles. The highest BCUT2D eigenvalue weighted by molar-refractivity contribution is 5.88. The maximum absolute atomic E-state index is 14.4. The van der Waals surface area contributed by atoms with E-state index in [1.165, 1.54) is 19.2 Å². The minimum atomic E-state index is -0.279. The topological polar surface area (TPSA) is 66.0 Å². The molecule has 1 aliphatic heterocycles. The first-order chi connectivity index (χ1) is 13.1. The first-order valence-corrected chi connectivity index (χ1v) is 9.27. The highest BCUT2D eigenvalue weighted by Crippen LogP contribution is 2.38. The number of pyridine rings is 1. The summed E-state index contributed by atoms with van der Waals surface area (Å²) in [5.74, 6) is 1.15. The van der Waals surface area contributed by atoms with Gasteiger partial charge >= 0.3 is 0 Å². The Balaban J connectivity index is 1.52. The van der Waals surface area contributed by atoms with Crippen molar-refractivity contribution in [3.05, 3.63) is 48.0 Å². The summed E-state index contributed by atoms with van der Waals surface area (Å²) in [6.45, 7) is 4.59. The zero-order chi connectivity index (χ0) is 18.4. The minimum Gasteiger partial charge on any atom is -0.353 e. The molecule has 2 aliphatic rings. The molecule has 0 unspecified atom stereocenters. The van der Waals surface area contributed by atoms with Gasteiger partial charge in [-0.05, 0) is 43.5 Å². The van der Waals surface area contributed by atoms with Crippen molar-refractivity contribution < 1.29 is 4.39 Å². The number of hydrogen-bond donors (Lipinski definition) is 2. The number of fused-ring (bicyclic) bond motifs is 1. The lowest BCUT2D eigenvalue weighted by molar-refractivity contribution is 0.440. The molecule has 0 atom stereocenters. The lowest BCUT2D eigenvalue weighted by Gasteiger charge is -2.34. The monoisotopic (exact) mass is 364 g/mol. The normalized spacial score (nSPS) is 18.1. The molecular formula is C20H21FN6. The highest BCUT2D eigenvalue weighted by Gasteiger charge is 2.45. The summed E-state index contributed by atoms with van der Waals surface area (Å²) < 4.78 is 14.4. The summed E-state index contributed by atoms with van der Waals surface area (Å²) in [5.41, 5.74) is 2.64. The van der Waals surface area contributed by atoms with Gasteiger partial charge in [0, 0.05) is 25.2 Å². The Kier molecular flexibility index (Phi) is 3.72. The van der Waals surface area contributed by atoms with Crippen molar-refractivity contribution in [2.24, 2.45) is 0 Å². The van der Waals surface area contributed by atoms with Crippen molar-refractivity contribution >= 4 is 28.4 Å². The Morgan fingerprint density at radius 2 is 2.07 bits per heavy atom. The van der Waals surface area contributed by atoms with Crippen molar-refractivity contribution in [3.63, 3.8) is 0 Å². The fourth-order valence-corrected chi connectivity index (χ4v) is 3.71. The molecule has 1 spiro atoms. The third-order valence-electron chi connectivity index (χ3n) is 5.46. The van der Waals surface area contributed by atoms with Gasteiger partial charge in [0.15, 0.2) is 5.82 Å². The molecule has 0 bridgehead atoms. The fourth-order valence-electron chi connectivity index (χ4n) is 3.71. The molecule has 27 heavy (non-hydrogen) atoms. The number of rotatable bonds is 3. The summed E-state index contributed by atoms with van der Waals surface area (Å²) in [4.78, 5) is 15.8. The van der Waals surface area contributed by atoms with Crippen molar-refractivity contribution in [2.75, 3.05) is 29.9 Å². The van der Waals surface area contributed by atoms with Gasteiger partial charge < -0.3 is 15.5 Å². The lowest BCUT2D eigenvalue weighted by atomic mass is 10.2. The number of aromatic nitrogens is 3. The van der Waals surface area contributed by atoms with Crippen LogP contribution in [0.3, 0.4) is 0 Å². The zero-order valence-corrected chi connectivity index (χ0v) is 15.2. The molecule has 6 nitrogen and oxygen atoms in total. The maximum atomic E-state index is 14.4. The average molecular weight is 364 g/mol. The van der Waals surface area contributed by atoms with E-state index in [0.29, 0.717) is 22.6 Å². The van der Waals surface area contributed by atoms with Gasteiger partial charge in [0.25, 0.3) is 0 Å². The van der Waals surface area contributed by atoms with Gasteiger partial charge in [-0.25, -0.2) is 19.3 Å². The molecule has 2 aromatic heterocycles. The Hall–Kier alpha value is -2.80. The molecule has 3 aromatic rings. The van der Waals surface area contributed by atoms with E-state index in [0.717, 1.165) is 31.0 Å². The van der Waals surface area contributed by atoms with Gasteiger partial charge in [0.2, 0.25) is 0 Å². The number of anilines is 3. The summed E-state index contributed by atoms with van der Waals surface area (Å²) >= 11 is 0. The third-order valence-corrected chi connectivity index (χ3v) is 5.46.